The molecule has 0 spiro atoms. The van der Waals surface area contributed by atoms with Gasteiger partial charge in [0.1, 0.15) is 23.2 Å². The third kappa shape index (κ3) is 8.51. The van der Waals surface area contributed by atoms with Crippen molar-refractivity contribution in [2.75, 3.05) is 13.2 Å². The number of carbonyl (C=O) groups excluding carboxylic acids is 2. The van der Waals surface area contributed by atoms with E-state index >= 15 is 0 Å². The number of ether oxygens (including phenoxy) is 1. The van der Waals surface area contributed by atoms with E-state index in [0.717, 1.165) is 5.52 Å². The lowest BCUT2D eigenvalue weighted by Crippen LogP contribution is -2.29. The van der Waals surface area contributed by atoms with Gasteiger partial charge in [0, 0.05) is 32.2 Å². The molecule has 0 aliphatic heterocycles. The molecule has 0 radical (unpaired) electrons. The molecule has 1 aromatic carbocycles. The average molecular weight is 461 g/mol. The van der Waals surface area contributed by atoms with Gasteiger partial charge in [0.15, 0.2) is 6.61 Å². The van der Waals surface area contributed by atoms with Crippen molar-refractivity contribution >= 4 is 22.8 Å². The summed E-state index contributed by atoms with van der Waals surface area (Å²) in [6.07, 6.45) is 5.89. The number of hydrogen-bond donors (Lipinski definition) is 2. The molecule has 0 atom stereocenters. The first kappa shape index (κ1) is 25.8. The van der Waals surface area contributed by atoms with Crippen LogP contribution in [0.2, 0.25) is 0 Å². The van der Waals surface area contributed by atoms with Gasteiger partial charge in [-0.15, -0.1) is 0 Å². The Labute approximate surface area is 192 Å². The van der Waals surface area contributed by atoms with E-state index in [1.807, 2.05) is 11.6 Å². The van der Waals surface area contributed by atoms with Crippen molar-refractivity contribution < 1.29 is 23.1 Å². The second-order valence-corrected chi connectivity index (χ2v) is 7.34. The normalized spacial score (nSPS) is 12.0. The number of nitrogens with one attached hydrogen (secondary N) is 2. The number of fused-ring (bicyclic) bond motifs is 1. The summed E-state index contributed by atoms with van der Waals surface area (Å²) in [6.45, 7) is 5.60. The van der Waals surface area contributed by atoms with Crippen molar-refractivity contribution in [2.24, 2.45) is 7.05 Å². The van der Waals surface area contributed by atoms with Crippen LogP contribution < -0.4 is 10.6 Å². The van der Waals surface area contributed by atoms with Crippen molar-refractivity contribution in [1.82, 2.24) is 20.2 Å². The molecule has 33 heavy (non-hydrogen) atoms. The quantitative estimate of drug-likeness (QED) is 0.269. The van der Waals surface area contributed by atoms with Crippen LogP contribution in [0.15, 0.2) is 54.6 Å². The molecule has 0 bridgehead atoms. The second-order valence-electron chi connectivity index (χ2n) is 7.34. The van der Waals surface area contributed by atoms with Crippen molar-refractivity contribution in [3.63, 3.8) is 0 Å². The van der Waals surface area contributed by atoms with Crippen LogP contribution in [0.5, 0.6) is 0 Å². The molecule has 0 unspecified atom stereocenters. The number of carbonyl (C=O) groups is 2. The van der Waals surface area contributed by atoms with Crippen molar-refractivity contribution in [1.29, 1.82) is 0 Å². The summed E-state index contributed by atoms with van der Waals surface area (Å²) in [5.74, 6) is -0.320. The minimum atomic E-state index is -0.356. The number of allylic oxidation sites excluding steroid dienone is 4. The summed E-state index contributed by atoms with van der Waals surface area (Å²) in [5.41, 5.74) is 1.33. The number of nitrogens with zero attached hydrogens (tertiary/aromatic N) is 2. The van der Waals surface area contributed by atoms with Crippen LogP contribution in [0.25, 0.3) is 11.0 Å². The SMILES string of the molecule is C=C/C=C(\C=C(\F)CC)OCC(=O)NCCCCC(=O)NCc1nc2cc(F)ccc2n1C. The van der Waals surface area contributed by atoms with Crippen LogP contribution in [0.3, 0.4) is 0 Å². The molecule has 2 N–H and O–H groups in total. The summed E-state index contributed by atoms with van der Waals surface area (Å²) < 4.78 is 33.8. The van der Waals surface area contributed by atoms with E-state index in [0.29, 0.717) is 37.1 Å². The van der Waals surface area contributed by atoms with Crippen LogP contribution in [0.4, 0.5) is 8.78 Å². The summed E-state index contributed by atoms with van der Waals surface area (Å²) in [4.78, 5) is 28.3. The highest BCUT2D eigenvalue weighted by Gasteiger charge is 2.10. The summed E-state index contributed by atoms with van der Waals surface area (Å²) in [5, 5.41) is 5.51. The molecule has 0 saturated heterocycles. The Kier molecular flexibility index (Phi) is 10.3. The van der Waals surface area contributed by atoms with Gasteiger partial charge in [-0.25, -0.2) is 13.8 Å². The van der Waals surface area contributed by atoms with Gasteiger partial charge in [-0.05, 0) is 37.5 Å². The lowest BCUT2D eigenvalue weighted by atomic mass is 10.2. The molecule has 2 aromatic rings. The van der Waals surface area contributed by atoms with Crippen molar-refractivity contribution in [2.45, 2.75) is 39.2 Å². The number of benzene rings is 1. The van der Waals surface area contributed by atoms with Crippen LogP contribution in [-0.4, -0.2) is 34.5 Å². The Hall–Kier alpha value is -3.49. The molecule has 2 rings (SSSR count). The van der Waals surface area contributed by atoms with Crippen LogP contribution >= 0.6 is 0 Å². The molecular weight excluding hydrogens is 430 g/mol. The number of amides is 2. The van der Waals surface area contributed by atoms with Gasteiger partial charge in [0.25, 0.3) is 5.91 Å². The van der Waals surface area contributed by atoms with Crippen molar-refractivity contribution in [3.05, 3.63) is 66.2 Å². The summed E-state index contributed by atoms with van der Waals surface area (Å²) >= 11 is 0. The average Bonchev–Trinajstić information content (AvgIpc) is 3.10. The number of hydrogen-bond acceptors (Lipinski definition) is 4. The van der Waals surface area contributed by atoms with E-state index in [1.165, 1.54) is 30.4 Å². The molecule has 7 nitrogen and oxygen atoms in total. The lowest BCUT2D eigenvalue weighted by Gasteiger charge is -2.09. The molecule has 1 heterocycles. The van der Waals surface area contributed by atoms with Gasteiger partial charge in [-0.1, -0.05) is 19.6 Å². The second kappa shape index (κ2) is 13.1. The fourth-order valence-corrected chi connectivity index (χ4v) is 3.00. The number of aromatic nitrogens is 2. The first-order valence-corrected chi connectivity index (χ1v) is 10.8. The Bertz CT molecular complexity index is 1040. The molecule has 0 aliphatic rings. The van der Waals surface area contributed by atoms with E-state index in [2.05, 4.69) is 22.2 Å². The maximum atomic E-state index is 13.4. The zero-order chi connectivity index (χ0) is 24.2. The standard InChI is InChI=1S/C24H30F2N4O3/c1-4-8-19(13-17(25)5-2)33-16-24(32)27-12-7-6-9-23(31)28-15-22-29-20-14-18(26)10-11-21(20)30(22)3/h4,8,10-11,13-14H,1,5-7,9,12,15-16H2,2-3H3,(H,27,32)(H,28,31)/b17-13+,19-8+. The molecule has 1 aromatic heterocycles. The maximum Gasteiger partial charge on any atom is 0.257 e. The number of halogens is 2. The van der Waals surface area contributed by atoms with E-state index < -0.39 is 0 Å². The minimum absolute atomic E-state index is 0.133. The van der Waals surface area contributed by atoms with Gasteiger partial charge in [-0.2, -0.15) is 0 Å². The van der Waals surface area contributed by atoms with Crippen LogP contribution in [0, 0.1) is 5.82 Å². The molecule has 0 saturated carbocycles. The Balaban J connectivity index is 1.64. The Morgan fingerprint density at radius 1 is 1.24 bits per heavy atom. The topological polar surface area (TPSA) is 85.2 Å². The summed E-state index contributed by atoms with van der Waals surface area (Å²) in [7, 11) is 1.81. The zero-order valence-electron chi connectivity index (χ0n) is 19.0. The third-order valence-electron chi connectivity index (χ3n) is 4.82. The van der Waals surface area contributed by atoms with Gasteiger partial charge in [0.05, 0.1) is 17.6 Å². The highest BCUT2D eigenvalue weighted by atomic mass is 19.1. The minimum Gasteiger partial charge on any atom is -0.484 e. The number of unbranched alkanes of at least 4 members (excludes halogenated alkanes) is 1. The smallest absolute Gasteiger partial charge is 0.257 e. The van der Waals surface area contributed by atoms with Crippen molar-refractivity contribution in [3.8, 4) is 0 Å². The highest BCUT2D eigenvalue weighted by Crippen LogP contribution is 2.16. The van der Waals surface area contributed by atoms with E-state index in [-0.39, 0.29) is 48.8 Å². The number of imidazole rings is 1. The zero-order valence-corrected chi connectivity index (χ0v) is 19.0. The van der Waals surface area contributed by atoms with Gasteiger partial charge in [-0.3, -0.25) is 9.59 Å². The maximum absolute atomic E-state index is 13.4. The number of rotatable bonds is 13. The predicted octanol–water partition coefficient (Wildman–Crippen LogP) is 3.97. The molecule has 0 fully saturated rings. The molecule has 178 valence electrons. The predicted molar refractivity (Wildman–Crippen MR) is 123 cm³/mol. The lowest BCUT2D eigenvalue weighted by molar-refractivity contribution is -0.124. The Morgan fingerprint density at radius 3 is 2.76 bits per heavy atom. The van der Waals surface area contributed by atoms with Gasteiger partial charge in [0.2, 0.25) is 5.91 Å². The van der Waals surface area contributed by atoms with E-state index in [4.69, 9.17) is 4.74 Å². The fourth-order valence-electron chi connectivity index (χ4n) is 3.00. The molecule has 0 aliphatic carbocycles. The molecule has 9 heteroatoms. The molecular formula is C24H30F2N4O3. The summed E-state index contributed by atoms with van der Waals surface area (Å²) in [6, 6.07) is 4.38. The number of aryl methyl sites for hydroxylation is 1. The fraction of sp³-hybridized carbons (Fsp3) is 0.375. The van der Waals surface area contributed by atoms with Crippen LogP contribution in [-0.2, 0) is 27.9 Å². The first-order valence-electron chi connectivity index (χ1n) is 10.8. The largest absolute Gasteiger partial charge is 0.484 e. The van der Waals surface area contributed by atoms with E-state index in [9.17, 15) is 18.4 Å². The third-order valence-corrected chi connectivity index (χ3v) is 4.82. The van der Waals surface area contributed by atoms with Gasteiger partial charge >= 0.3 is 0 Å². The van der Waals surface area contributed by atoms with E-state index in [1.54, 1.807) is 13.0 Å². The molecule has 2 amide bonds. The monoisotopic (exact) mass is 460 g/mol. The van der Waals surface area contributed by atoms with Crippen LogP contribution in [0.1, 0.15) is 38.4 Å². The Morgan fingerprint density at radius 2 is 2.03 bits per heavy atom. The highest BCUT2D eigenvalue weighted by molar-refractivity contribution is 5.78. The van der Waals surface area contributed by atoms with Gasteiger partial charge < -0.3 is 19.9 Å². The first-order chi connectivity index (χ1) is 15.8.